The van der Waals surface area contributed by atoms with E-state index >= 15 is 0 Å². The van der Waals surface area contributed by atoms with Gasteiger partial charge in [-0.25, -0.2) is 9.59 Å². The quantitative estimate of drug-likeness (QED) is 0.697. The minimum Gasteiger partial charge on any atom is -0.480 e. The van der Waals surface area contributed by atoms with Gasteiger partial charge in [0.25, 0.3) is 0 Å². The van der Waals surface area contributed by atoms with Crippen LogP contribution in [0.15, 0.2) is 0 Å². The first-order valence-corrected chi connectivity index (χ1v) is 6.32. The number of nitrogens with zero attached hydrogens (tertiary/aromatic N) is 1. The Morgan fingerprint density at radius 3 is 2.93 bits per heavy atom. The van der Waals surface area contributed by atoms with Gasteiger partial charge in [0.15, 0.2) is 0 Å². The van der Waals surface area contributed by atoms with Crippen LogP contribution in [0.5, 0.6) is 0 Å². The van der Waals surface area contributed by atoms with Crippen LogP contribution in [0.1, 0.15) is 12.8 Å². The first-order valence-electron chi connectivity index (χ1n) is 4.93. The average Bonchev–Trinajstić information content (AvgIpc) is 2.66. The summed E-state index contributed by atoms with van der Waals surface area (Å²) in [5.74, 6) is -0.0651. The SMILES string of the molecule is CSCCNC(=O)N1CCC[C@@H]1C(=O)O. The monoisotopic (exact) mass is 232 g/mol. The Bertz CT molecular complexity index is 248. The van der Waals surface area contributed by atoms with Crippen molar-refractivity contribution in [2.75, 3.05) is 25.1 Å². The van der Waals surface area contributed by atoms with Crippen LogP contribution in [-0.4, -0.2) is 53.1 Å². The molecule has 86 valence electrons. The zero-order valence-electron chi connectivity index (χ0n) is 8.73. The number of urea groups is 1. The lowest BCUT2D eigenvalue weighted by Gasteiger charge is -2.21. The predicted molar refractivity (Wildman–Crippen MR) is 59.1 cm³/mol. The van der Waals surface area contributed by atoms with Gasteiger partial charge in [0.2, 0.25) is 0 Å². The van der Waals surface area contributed by atoms with E-state index in [0.717, 1.165) is 12.2 Å². The molecule has 0 radical (unpaired) electrons. The topological polar surface area (TPSA) is 69.6 Å². The molecule has 0 aromatic heterocycles. The van der Waals surface area contributed by atoms with Gasteiger partial charge in [0.05, 0.1) is 0 Å². The summed E-state index contributed by atoms with van der Waals surface area (Å²) in [6.07, 6.45) is 3.29. The molecule has 0 aromatic carbocycles. The summed E-state index contributed by atoms with van der Waals surface area (Å²) in [5.41, 5.74) is 0. The van der Waals surface area contributed by atoms with Gasteiger partial charge in [-0.2, -0.15) is 11.8 Å². The van der Waals surface area contributed by atoms with Crippen LogP contribution in [0.25, 0.3) is 0 Å². The standard InChI is InChI=1S/C9H16N2O3S/c1-15-6-4-10-9(14)11-5-2-3-7(11)8(12)13/h7H,2-6H2,1H3,(H,10,14)(H,12,13)/t7-/m1/s1. The van der Waals surface area contributed by atoms with Gasteiger partial charge in [-0.3, -0.25) is 0 Å². The van der Waals surface area contributed by atoms with E-state index in [1.807, 2.05) is 6.26 Å². The number of thioether (sulfide) groups is 1. The molecule has 1 rings (SSSR count). The maximum Gasteiger partial charge on any atom is 0.326 e. The first-order chi connectivity index (χ1) is 7.16. The zero-order valence-corrected chi connectivity index (χ0v) is 9.55. The molecule has 6 heteroatoms. The molecule has 15 heavy (non-hydrogen) atoms. The molecule has 0 saturated carbocycles. The van der Waals surface area contributed by atoms with Crippen LogP contribution in [0, 0.1) is 0 Å². The second kappa shape index (κ2) is 5.85. The van der Waals surface area contributed by atoms with Gasteiger partial charge >= 0.3 is 12.0 Å². The first kappa shape index (κ1) is 12.2. The minimum absolute atomic E-state index is 0.256. The second-order valence-electron chi connectivity index (χ2n) is 3.41. The van der Waals surface area contributed by atoms with E-state index in [0.29, 0.717) is 19.5 Å². The Hall–Kier alpha value is -0.910. The van der Waals surface area contributed by atoms with Crippen molar-refractivity contribution in [3.63, 3.8) is 0 Å². The molecule has 0 spiro atoms. The molecular weight excluding hydrogens is 216 g/mol. The smallest absolute Gasteiger partial charge is 0.326 e. The maximum atomic E-state index is 11.6. The summed E-state index contributed by atoms with van der Waals surface area (Å²) in [6.45, 7) is 1.13. The molecule has 0 bridgehead atoms. The number of likely N-dealkylation sites (tertiary alicyclic amines) is 1. The number of carbonyl (C=O) groups is 2. The number of carbonyl (C=O) groups excluding carboxylic acids is 1. The fourth-order valence-corrected chi connectivity index (χ4v) is 1.93. The minimum atomic E-state index is -0.910. The molecule has 0 aliphatic carbocycles. The molecule has 1 atom stereocenters. The summed E-state index contributed by atoms with van der Waals surface area (Å²) in [5, 5.41) is 11.6. The summed E-state index contributed by atoms with van der Waals surface area (Å²) in [6, 6.07) is -0.895. The molecule has 5 nitrogen and oxygen atoms in total. The Balaban J connectivity index is 2.40. The number of amides is 2. The third-order valence-electron chi connectivity index (χ3n) is 2.38. The highest BCUT2D eigenvalue weighted by Crippen LogP contribution is 2.17. The number of carboxylic acid groups (broad SMARTS) is 1. The van der Waals surface area contributed by atoms with Crippen molar-refractivity contribution in [3.8, 4) is 0 Å². The second-order valence-corrected chi connectivity index (χ2v) is 4.40. The van der Waals surface area contributed by atoms with Crippen molar-refractivity contribution in [3.05, 3.63) is 0 Å². The molecule has 0 aromatic rings. The number of rotatable bonds is 4. The van der Waals surface area contributed by atoms with Crippen molar-refractivity contribution in [2.45, 2.75) is 18.9 Å². The van der Waals surface area contributed by atoms with E-state index in [2.05, 4.69) is 5.32 Å². The largest absolute Gasteiger partial charge is 0.480 e. The van der Waals surface area contributed by atoms with Crippen LogP contribution in [0.2, 0.25) is 0 Å². The fourth-order valence-electron chi connectivity index (χ4n) is 1.63. The molecular formula is C9H16N2O3S. The van der Waals surface area contributed by atoms with Gasteiger partial charge in [-0.1, -0.05) is 0 Å². The van der Waals surface area contributed by atoms with Gasteiger partial charge in [0, 0.05) is 18.8 Å². The third-order valence-corrected chi connectivity index (χ3v) is 2.99. The van der Waals surface area contributed by atoms with Crippen molar-refractivity contribution < 1.29 is 14.7 Å². The van der Waals surface area contributed by atoms with Crippen LogP contribution in [0.4, 0.5) is 4.79 Å². The Morgan fingerprint density at radius 1 is 1.60 bits per heavy atom. The summed E-state index contributed by atoms with van der Waals surface area (Å²) in [4.78, 5) is 23.8. The molecule has 1 fully saturated rings. The number of aliphatic carboxylic acids is 1. The van der Waals surface area contributed by atoms with E-state index in [-0.39, 0.29) is 6.03 Å². The molecule has 0 unspecified atom stereocenters. The molecule has 1 aliphatic rings. The predicted octanol–water partition coefficient (Wildman–Crippen LogP) is 0.608. The molecule has 2 N–H and O–H groups in total. The van der Waals surface area contributed by atoms with Gasteiger partial charge in [-0.15, -0.1) is 0 Å². The van der Waals surface area contributed by atoms with E-state index in [1.165, 1.54) is 4.90 Å². The molecule has 1 heterocycles. The van der Waals surface area contributed by atoms with E-state index in [9.17, 15) is 9.59 Å². The lowest BCUT2D eigenvalue weighted by atomic mass is 10.2. The summed E-state index contributed by atoms with van der Waals surface area (Å²) in [7, 11) is 0. The van der Waals surface area contributed by atoms with E-state index < -0.39 is 12.0 Å². The molecule has 1 aliphatic heterocycles. The number of hydrogen-bond acceptors (Lipinski definition) is 3. The van der Waals surface area contributed by atoms with Crippen molar-refractivity contribution in [1.29, 1.82) is 0 Å². The van der Waals surface area contributed by atoms with Gasteiger partial charge < -0.3 is 15.3 Å². The van der Waals surface area contributed by atoms with Crippen molar-refractivity contribution in [1.82, 2.24) is 10.2 Å². The highest BCUT2D eigenvalue weighted by Gasteiger charge is 2.33. The lowest BCUT2D eigenvalue weighted by Crippen LogP contribution is -2.46. The lowest BCUT2D eigenvalue weighted by molar-refractivity contribution is -0.141. The normalized spacial score (nSPS) is 20.3. The number of hydrogen-bond donors (Lipinski definition) is 2. The third kappa shape index (κ3) is 3.30. The number of carboxylic acids is 1. The van der Waals surface area contributed by atoms with Crippen LogP contribution in [-0.2, 0) is 4.79 Å². The maximum absolute atomic E-state index is 11.6. The van der Waals surface area contributed by atoms with Crippen LogP contribution >= 0.6 is 11.8 Å². The van der Waals surface area contributed by atoms with Crippen molar-refractivity contribution in [2.24, 2.45) is 0 Å². The fraction of sp³-hybridized carbons (Fsp3) is 0.778. The van der Waals surface area contributed by atoms with Crippen LogP contribution < -0.4 is 5.32 Å². The van der Waals surface area contributed by atoms with Gasteiger partial charge in [0.1, 0.15) is 6.04 Å². The Kier molecular flexibility index (Phi) is 4.74. The summed E-state index contributed by atoms with van der Waals surface area (Å²) < 4.78 is 0. The van der Waals surface area contributed by atoms with Gasteiger partial charge in [-0.05, 0) is 19.1 Å². The van der Waals surface area contributed by atoms with Crippen molar-refractivity contribution >= 4 is 23.8 Å². The Labute approximate surface area is 93.2 Å². The van der Waals surface area contributed by atoms with E-state index in [4.69, 9.17) is 5.11 Å². The number of nitrogens with one attached hydrogen (secondary N) is 1. The molecule has 2 amide bonds. The zero-order chi connectivity index (χ0) is 11.3. The molecule has 1 saturated heterocycles. The highest BCUT2D eigenvalue weighted by molar-refractivity contribution is 7.98. The Morgan fingerprint density at radius 2 is 2.33 bits per heavy atom. The van der Waals surface area contributed by atoms with E-state index in [1.54, 1.807) is 11.8 Å². The summed E-state index contributed by atoms with van der Waals surface area (Å²) >= 11 is 1.64. The van der Waals surface area contributed by atoms with Crippen LogP contribution in [0.3, 0.4) is 0 Å². The highest BCUT2D eigenvalue weighted by atomic mass is 32.2. The average molecular weight is 232 g/mol.